The van der Waals surface area contributed by atoms with Gasteiger partial charge in [0.05, 0.1) is 33.1 Å². The third-order valence-electron chi connectivity index (χ3n) is 11.9. The molecule has 0 saturated heterocycles. The Hall–Kier alpha value is -7.76. The zero-order chi connectivity index (χ0) is 37.2. The first-order chi connectivity index (χ1) is 28.3. The lowest BCUT2D eigenvalue weighted by molar-refractivity contribution is 0.488. The van der Waals surface area contributed by atoms with Gasteiger partial charge in [0, 0.05) is 61.2 Å². The predicted octanol–water partition coefficient (Wildman–Crippen LogP) is 13.6. The Kier molecular flexibility index (Phi) is 6.10. The van der Waals surface area contributed by atoms with Crippen LogP contribution in [0.4, 0.5) is 0 Å². The normalized spacial score (nSPS) is 12.4. The van der Waals surface area contributed by atoms with E-state index in [1.54, 1.807) is 0 Å². The lowest BCUT2D eigenvalue weighted by Crippen LogP contribution is -1.99. The molecule has 0 unspecified atom stereocenters. The van der Waals surface area contributed by atoms with Crippen molar-refractivity contribution in [3.05, 3.63) is 182 Å². The Morgan fingerprint density at radius 3 is 2.02 bits per heavy atom. The lowest BCUT2D eigenvalue weighted by atomic mass is 9.91. The fourth-order valence-corrected chi connectivity index (χ4v) is 9.43. The standard InChI is InChI=1S/C52H30N4O/c1-2-11-35(12-3-1)55-43-18-7-5-14-39(43)49-40-16-8-15-38-37-24-21-34(29-46(37)57-47(50(38)40)30-45(49)55)33-22-25-44-41(28-33)36-13-4-6-17-42(36)56(44)48-26-23-32-20-19-31-10-9-27-53-51(31)52(32)54-48/h1-30H. The summed E-state index contributed by atoms with van der Waals surface area (Å²) in [6.07, 6.45) is 1.84. The number of fused-ring (bicyclic) bond motifs is 12. The molecule has 0 amide bonds. The van der Waals surface area contributed by atoms with Crippen LogP contribution in [0, 0.1) is 0 Å². The molecule has 5 heterocycles. The van der Waals surface area contributed by atoms with Crippen LogP contribution in [0.3, 0.4) is 0 Å². The summed E-state index contributed by atoms with van der Waals surface area (Å²) in [6.45, 7) is 0. The Morgan fingerprint density at radius 1 is 0.404 bits per heavy atom. The Morgan fingerprint density at radius 2 is 1.12 bits per heavy atom. The van der Waals surface area contributed by atoms with Crippen LogP contribution >= 0.6 is 0 Å². The van der Waals surface area contributed by atoms with Crippen LogP contribution in [0.1, 0.15) is 0 Å². The summed E-state index contributed by atoms with van der Waals surface area (Å²) in [4.78, 5) is 9.96. The number of hydrogen-bond acceptors (Lipinski definition) is 3. The van der Waals surface area contributed by atoms with Crippen molar-refractivity contribution in [3.63, 3.8) is 0 Å². The van der Waals surface area contributed by atoms with E-state index in [1.165, 1.54) is 38.0 Å². The minimum Gasteiger partial charge on any atom is -0.456 e. The maximum absolute atomic E-state index is 6.96. The topological polar surface area (TPSA) is 44.9 Å². The molecule has 0 N–H and O–H groups in total. The zero-order valence-electron chi connectivity index (χ0n) is 30.5. The molecule has 0 atom stereocenters. The molecule has 4 aromatic heterocycles. The van der Waals surface area contributed by atoms with Crippen molar-refractivity contribution in [2.24, 2.45) is 0 Å². The summed E-state index contributed by atoms with van der Waals surface area (Å²) in [5.41, 5.74) is 12.0. The molecule has 264 valence electrons. The first-order valence-electron chi connectivity index (χ1n) is 19.3. The summed E-state index contributed by atoms with van der Waals surface area (Å²) in [7, 11) is 0. The van der Waals surface area contributed by atoms with E-state index in [2.05, 4.69) is 179 Å². The van der Waals surface area contributed by atoms with Gasteiger partial charge >= 0.3 is 0 Å². The third-order valence-corrected chi connectivity index (χ3v) is 11.9. The molecular weight excluding hydrogens is 697 g/mol. The van der Waals surface area contributed by atoms with Crippen molar-refractivity contribution in [1.82, 2.24) is 19.1 Å². The second kappa shape index (κ2) is 11.4. The average Bonchev–Trinajstić information content (AvgIpc) is 3.79. The molecule has 1 aliphatic heterocycles. The number of hydrogen-bond donors (Lipinski definition) is 0. The molecule has 0 bridgehead atoms. The quantitative estimate of drug-likeness (QED) is 0.170. The van der Waals surface area contributed by atoms with E-state index >= 15 is 0 Å². The van der Waals surface area contributed by atoms with Crippen LogP contribution in [0.5, 0.6) is 11.5 Å². The predicted molar refractivity (Wildman–Crippen MR) is 234 cm³/mol. The van der Waals surface area contributed by atoms with Gasteiger partial charge in [-0.2, -0.15) is 0 Å². The number of aromatic nitrogens is 4. The van der Waals surface area contributed by atoms with Crippen LogP contribution in [-0.2, 0) is 0 Å². The van der Waals surface area contributed by atoms with Crippen molar-refractivity contribution in [1.29, 1.82) is 0 Å². The molecule has 12 aromatic rings. The molecule has 13 rings (SSSR count). The highest BCUT2D eigenvalue weighted by molar-refractivity contribution is 6.25. The number of para-hydroxylation sites is 3. The van der Waals surface area contributed by atoms with Crippen molar-refractivity contribution in [3.8, 4) is 45.3 Å². The number of ether oxygens (including phenoxy) is 1. The summed E-state index contributed by atoms with van der Waals surface area (Å²) >= 11 is 0. The molecule has 0 saturated carbocycles. The molecule has 1 aliphatic rings. The van der Waals surface area contributed by atoms with E-state index in [0.717, 1.165) is 83.4 Å². The van der Waals surface area contributed by atoms with Crippen molar-refractivity contribution < 1.29 is 4.74 Å². The van der Waals surface area contributed by atoms with E-state index in [4.69, 9.17) is 14.7 Å². The largest absolute Gasteiger partial charge is 0.456 e. The highest BCUT2D eigenvalue weighted by Crippen LogP contribution is 2.51. The first kappa shape index (κ1) is 30.6. The number of pyridine rings is 2. The highest BCUT2D eigenvalue weighted by atomic mass is 16.5. The van der Waals surface area contributed by atoms with E-state index in [9.17, 15) is 0 Å². The van der Waals surface area contributed by atoms with Crippen LogP contribution in [0.15, 0.2) is 182 Å². The van der Waals surface area contributed by atoms with Gasteiger partial charge in [0.25, 0.3) is 0 Å². The number of benzene rings is 8. The maximum Gasteiger partial charge on any atom is 0.138 e. The van der Waals surface area contributed by atoms with Crippen molar-refractivity contribution in [2.45, 2.75) is 0 Å². The SMILES string of the molecule is c1ccc(-n2c3ccccc3c3c4cccc5c4c(cc32)Oc2cc(-c3ccc4c(c3)c3ccccc3n4-c3ccc4ccc6cccnc6c4n3)ccc2-5)cc1. The van der Waals surface area contributed by atoms with E-state index in [1.807, 2.05) is 12.3 Å². The number of rotatable bonds is 3. The summed E-state index contributed by atoms with van der Waals surface area (Å²) < 4.78 is 11.6. The molecule has 0 aliphatic carbocycles. The molecule has 0 fully saturated rings. The molecular formula is C52H30N4O. The second-order valence-corrected chi connectivity index (χ2v) is 15.0. The van der Waals surface area contributed by atoms with Crippen molar-refractivity contribution in [2.75, 3.05) is 0 Å². The van der Waals surface area contributed by atoms with Crippen molar-refractivity contribution >= 4 is 76.2 Å². The summed E-state index contributed by atoms with van der Waals surface area (Å²) in [5, 5.41) is 9.35. The molecule has 5 nitrogen and oxygen atoms in total. The fourth-order valence-electron chi connectivity index (χ4n) is 9.43. The maximum atomic E-state index is 6.96. The summed E-state index contributed by atoms with van der Waals surface area (Å²) in [6, 6.07) is 62.8. The highest BCUT2D eigenvalue weighted by Gasteiger charge is 2.25. The van der Waals surface area contributed by atoms with Gasteiger partial charge in [-0.05, 0) is 88.8 Å². The van der Waals surface area contributed by atoms with Crippen LogP contribution < -0.4 is 4.74 Å². The Balaban J connectivity index is 0.971. The molecule has 5 heteroatoms. The van der Waals surface area contributed by atoms with Crippen LogP contribution in [-0.4, -0.2) is 19.1 Å². The lowest BCUT2D eigenvalue weighted by Gasteiger charge is -2.23. The van der Waals surface area contributed by atoms with Gasteiger partial charge in [0.1, 0.15) is 17.3 Å². The third kappa shape index (κ3) is 4.28. The first-order valence-corrected chi connectivity index (χ1v) is 19.3. The Bertz CT molecular complexity index is 3670. The van der Waals surface area contributed by atoms with Gasteiger partial charge in [-0.3, -0.25) is 9.55 Å². The molecule has 0 radical (unpaired) electrons. The minimum absolute atomic E-state index is 0.859. The van der Waals surface area contributed by atoms with Gasteiger partial charge in [-0.25, -0.2) is 4.98 Å². The summed E-state index contributed by atoms with van der Waals surface area (Å²) in [5.74, 6) is 2.61. The van der Waals surface area contributed by atoms with Crippen LogP contribution in [0.2, 0.25) is 0 Å². The molecule has 8 aromatic carbocycles. The monoisotopic (exact) mass is 726 g/mol. The van der Waals surface area contributed by atoms with Crippen LogP contribution in [0.25, 0.3) is 110 Å². The Labute approximate surface area is 326 Å². The van der Waals surface area contributed by atoms with Gasteiger partial charge in [-0.15, -0.1) is 0 Å². The van der Waals surface area contributed by atoms with Gasteiger partial charge in [0.15, 0.2) is 0 Å². The minimum atomic E-state index is 0.859. The smallest absolute Gasteiger partial charge is 0.138 e. The zero-order valence-corrected chi connectivity index (χ0v) is 30.5. The van der Waals surface area contributed by atoms with Gasteiger partial charge in [-0.1, -0.05) is 103 Å². The van der Waals surface area contributed by atoms with Gasteiger partial charge < -0.3 is 9.30 Å². The van der Waals surface area contributed by atoms with E-state index in [-0.39, 0.29) is 0 Å². The molecule has 57 heavy (non-hydrogen) atoms. The average molecular weight is 727 g/mol. The second-order valence-electron chi connectivity index (χ2n) is 15.0. The van der Waals surface area contributed by atoms with Gasteiger partial charge in [0.2, 0.25) is 0 Å². The van der Waals surface area contributed by atoms with E-state index in [0.29, 0.717) is 0 Å². The fraction of sp³-hybridized carbons (Fsp3) is 0. The molecule has 0 spiro atoms. The van der Waals surface area contributed by atoms with E-state index < -0.39 is 0 Å². The number of nitrogens with zero attached hydrogens (tertiary/aromatic N) is 4.